The maximum atomic E-state index is 12.1. The van der Waals surface area contributed by atoms with Crippen molar-refractivity contribution in [2.75, 3.05) is 7.05 Å². The minimum atomic E-state index is -0.322. The second kappa shape index (κ2) is 7.18. The first kappa shape index (κ1) is 16.7. The summed E-state index contributed by atoms with van der Waals surface area (Å²) in [5.41, 5.74) is 0.966. The molecule has 2 aliphatic rings. The number of rotatable bonds is 4. The standard InChI is InChI=1S/C19H23NO4/c1-13(21)23-18-11-15-10-16(12-17(18)20(15)2)24-19(22)9-8-14-6-4-3-5-7-14/h3-9,15-18H,10-12H2,1-2H3/t15-,16-,17+,18-/m1/s1. The third kappa shape index (κ3) is 3.85. The quantitative estimate of drug-likeness (QED) is 0.627. The number of likely N-dealkylation sites (N-methyl/N-ethyl adjacent to an activating group) is 1. The van der Waals surface area contributed by atoms with Gasteiger partial charge in [-0.05, 0) is 18.7 Å². The normalized spacial score (nSPS) is 29.6. The fourth-order valence-electron chi connectivity index (χ4n) is 3.74. The van der Waals surface area contributed by atoms with Crippen LogP contribution in [0.25, 0.3) is 6.08 Å². The number of ether oxygens (including phenoxy) is 2. The number of benzene rings is 1. The van der Waals surface area contributed by atoms with E-state index in [1.54, 1.807) is 6.08 Å². The van der Waals surface area contributed by atoms with Gasteiger partial charge in [0.25, 0.3) is 0 Å². The summed E-state index contributed by atoms with van der Waals surface area (Å²) in [5.74, 6) is -0.572. The van der Waals surface area contributed by atoms with Crippen molar-refractivity contribution < 1.29 is 19.1 Å². The van der Waals surface area contributed by atoms with Crippen LogP contribution in [0.3, 0.4) is 0 Å². The fraction of sp³-hybridized carbons (Fsp3) is 0.474. The van der Waals surface area contributed by atoms with E-state index in [0.717, 1.165) is 18.4 Å². The molecule has 2 heterocycles. The van der Waals surface area contributed by atoms with Gasteiger partial charge in [-0.25, -0.2) is 4.79 Å². The van der Waals surface area contributed by atoms with Gasteiger partial charge in [-0.15, -0.1) is 0 Å². The minimum Gasteiger partial charge on any atom is -0.461 e. The van der Waals surface area contributed by atoms with E-state index in [-0.39, 0.29) is 30.2 Å². The molecule has 5 nitrogen and oxygen atoms in total. The lowest BCUT2D eigenvalue weighted by Crippen LogP contribution is -2.45. The molecule has 2 fully saturated rings. The molecule has 2 aliphatic heterocycles. The molecule has 24 heavy (non-hydrogen) atoms. The highest BCUT2D eigenvalue weighted by molar-refractivity contribution is 5.87. The summed E-state index contributed by atoms with van der Waals surface area (Å²) < 4.78 is 11.0. The monoisotopic (exact) mass is 329 g/mol. The molecule has 0 spiro atoms. The predicted octanol–water partition coefficient (Wildman–Crippen LogP) is 2.41. The molecule has 2 bridgehead atoms. The van der Waals surface area contributed by atoms with Gasteiger partial charge in [-0.1, -0.05) is 30.3 Å². The smallest absolute Gasteiger partial charge is 0.331 e. The van der Waals surface area contributed by atoms with E-state index in [2.05, 4.69) is 4.90 Å². The van der Waals surface area contributed by atoms with Gasteiger partial charge in [-0.3, -0.25) is 9.69 Å². The zero-order chi connectivity index (χ0) is 17.1. The molecule has 1 aromatic rings. The van der Waals surface area contributed by atoms with Crippen LogP contribution in [0.2, 0.25) is 0 Å². The van der Waals surface area contributed by atoms with Gasteiger partial charge < -0.3 is 9.47 Å². The Labute approximate surface area is 142 Å². The Balaban J connectivity index is 1.56. The molecule has 3 rings (SSSR count). The van der Waals surface area contributed by atoms with Crippen LogP contribution in [0.5, 0.6) is 0 Å². The average Bonchev–Trinajstić information content (AvgIpc) is 2.71. The van der Waals surface area contributed by atoms with Gasteiger partial charge in [0.05, 0.1) is 6.04 Å². The Bertz CT molecular complexity index is 628. The fourth-order valence-corrected chi connectivity index (χ4v) is 3.74. The van der Waals surface area contributed by atoms with Crippen LogP contribution in [0.15, 0.2) is 36.4 Å². The molecule has 4 atom stereocenters. The highest BCUT2D eigenvalue weighted by atomic mass is 16.6. The molecular weight excluding hydrogens is 306 g/mol. The Morgan fingerprint density at radius 2 is 1.88 bits per heavy atom. The molecule has 0 N–H and O–H groups in total. The molecular formula is C19H23NO4. The summed E-state index contributed by atoms with van der Waals surface area (Å²) in [6.07, 6.45) is 5.32. The van der Waals surface area contributed by atoms with Crippen molar-refractivity contribution in [2.24, 2.45) is 0 Å². The Kier molecular flexibility index (Phi) is 5.00. The second-order valence-electron chi connectivity index (χ2n) is 6.54. The van der Waals surface area contributed by atoms with E-state index in [9.17, 15) is 9.59 Å². The molecule has 1 aromatic carbocycles. The SMILES string of the molecule is CC(=O)O[C@@H]1C[C@H]2C[C@@H](OC(=O)C=Cc3ccccc3)C[C@@H]1N2C. The maximum Gasteiger partial charge on any atom is 0.331 e. The number of hydrogen-bond acceptors (Lipinski definition) is 5. The van der Waals surface area contributed by atoms with Crippen LogP contribution >= 0.6 is 0 Å². The van der Waals surface area contributed by atoms with E-state index in [1.165, 1.54) is 13.0 Å². The lowest BCUT2D eigenvalue weighted by molar-refractivity contribution is -0.151. The first-order valence-corrected chi connectivity index (χ1v) is 8.36. The lowest BCUT2D eigenvalue weighted by Gasteiger charge is -2.36. The maximum absolute atomic E-state index is 12.1. The summed E-state index contributed by atoms with van der Waals surface area (Å²) in [7, 11) is 2.05. The molecule has 0 radical (unpaired) electrons. The third-order valence-electron chi connectivity index (χ3n) is 4.88. The number of nitrogens with zero attached hydrogens (tertiary/aromatic N) is 1. The first-order chi connectivity index (χ1) is 11.5. The molecule has 0 aliphatic carbocycles. The summed E-state index contributed by atoms with van der Waals surface area (Å²) in [4.78, 5) is 25.5. The number of piperidine rings is 1. The van der Waals surface area contributed by atoms with Gasteiger partial charge in [0.1, 0.15) is 12.2 Å². The summed E-state index contributed by atoms with van der Waals surface area (Å²) >= 11 is 0. The van der Waals surface area contributed by atoms with Gasteiger partial charge in [0, 0.05) is 38.3 Å². The Morgan fingerprint density at radius 1 is 1.12 bits per heavy atom. The number of esters is 2. The number of fused-ring (bicyclic) bond motifs is 2. The van der Waals surface area contributed by atoms with Crippen molar-refractivity contribution in [3.63, 3.8) is 0 Å². The molecule has 2 saturated heterocycles. The number of carbonyl (C=O) groups excluding carboxylic acids is 2. The third-order valence-corrected chi connectivity index (χ3v) is 4.88. The van der Waals surface area contributed by atoms with E-state index >= 15 is 0 Å². The van der Waals surface area contributed by atoms with Crippen LogP contribution in [0, 0.1) is 0 Å². The summed E-state index contributed by atoms with van der Waals surface area (Å²) in [6.45, 7) is 1.44. The zero-order valence-corrected chi connectivity index (χ0v) is 14.1. The topological polar surface area (TPSA) is 55.8 Å². The van der Waals surface area contributed by atoms with Gasteiger partial charge >= 0.3 is 11.9 Å². The van der Waals surface area contributed by atoms with Crippen LogP contribution in [-0.2, 0) is 19.1 Å². The number of hydrogen-bond donors (Lipinski definition) is 0. The van der Waals surface area contributed by atoms with Crippen molar-refractivity contribution in [3.8, 4) is 0 Å². The van der Waals surface area contributed by atoms with Crippen LogP contribution < -0.4 is 0 Å². The van der Waals surface area contributed by atoms with E-state index in [4.69, 9.17) is 9.47 Å². The average molecular weight is 329 g/mol. The minimum absolute atomic E-state index is 0.0962. The van der Waals surface area contributed by atoms with Crippen molar-refractivity contribution in [3.05, 3.63) is 42.0 Å². The molecule has 128 valence electrons. The van der Waals surface area contributed by atoms with Gasteiger partial charge in [-0.2, -0.15) is 0 Å². The van der Waals surface area contributed by atoms with Crippen molar-refractivity contribution in [1.29, 1.82) is 0 Å². The Hall–Kier alpha value is -2.14. The van der Waals surface area contributed by atoms with Crippen molar-refractivity contribution in [1.82, 2.24) is 4.90 Å². The van der Waals surface area contributed by atoms with Crippen LogP contribution in [0.1, 0.15) is 31.7 Å². The largest absolute Gasteiger partial charge is 0.461 e. The molecule has 0 unspecified atom stereocenters. The first-order valence-electron chi connectivity index (χ1n) is 8.36. The highest BCUT2D eigenvalue weighted by Crippen LogP contribution is 2.37. The van der Waals surface area contributed by atoms with Gasteiger partial charge in [0.15, 0.2) is 0 Å². The van der Waals surface area contributed by atoms with E-state index in [1.807, 2.05) is 37.4 Å². The molecule has 0 aromatic heterocycles. The highest BCUT2D eigenvalue weighted by Gasteiger charge is 2.47. The van der Waals surface area contributed by atoms with Crippen molar-refractivity contribution in [2.45, 2.75) is 50.5 Å². The van der Waals surface area contributed by atoms with Gasteiger partial charge in [0.2, 0.25) is 0 Å². The molecule has 0 amide bonds. The van der Waals surface area contributed by atoms with E-state index in [0.29, 0.717) is 12.5 Å². The summed E-state index contributed by atoms with van der Waals surface area (Å²) in [6, 6.07) is 10.1. The molecule has 0 saturated carbocycles. The summed E-state index contributed by atoms with van der Waals surface area (Å²) in [5, 5.41) is 0. The second-order valence-corrected chi connectivity index (χ2v) is 6.54. The van der Waals surface area contributed by atoms with E-state index < -0.39 is 0 Å². The van der Waals surface area contributed by atoms with Crippen LogP contribution in [-0.4, -0.2) is 48.2 Å². The lowest BCUT2D eigenvalue weighted by atomic mass is 10.0. The number of carbonyl (C=O) groups is 2. The van der Waals surface area contributed by atoms with Crippen molar-refractivity contribution >= 4 is 18.0 Å². The predicted molar refractivity (Wildman–Crippen MR) is 90.1 cm³/mol. The molecule has 5 heteroatoms. The Morgan fingerprint density at radius 3 is 2.58 bits per heavy atom. The zero-order valence-electron chi connectivity index (χ0n) is 14.1. The van der Waals surface area contributed by atoms with Crippen LogP contribution in [0.4, 0.5) is 0 Å².